The number of carbonyl (C=O) groups excluding carboxylic acids is 1. The van der Waals surface area contributed by atoms with E-state index in [2.05, 4.69) is 40.3 Å². The first-order valence-corrected chi connectivity index (χ1v) is 9.46. The van der Waals surface area contributed by atoms with Crippen molar-refractivity contribution >= 4 is 17.2 Å². The summed E-state index contributed by atoms with van der Waals surface area (Å²) in [6.45, 7) is 6.83. The Morgan fingerprint density at radius 3 is 2.88 bits per heavy atom. The maximum atomic E-state index is 12.8. The molecule has 134 valence electrons. The largest absolute Gasteiger partial charge is 0.378 e. The second-order valence-corrected chi connectivity index (χ2v) is 7.49. The zero-order valence-electron chi connectivity index (χ0n) is 15.0. The van der Waals surface area contributed by atoms with Crippen LogP contribution >= 0.6 is 11.3 Å². The van der Waals surface area contributed by atoms with Gasteiger partial charge in [-0.25, -0.2) is 4.98 Å². The molecule has 2 aromatic rings. The van der Waals surface area contributed by atoms with Crippen LogP contribution in [0.2, 0.25) is 0 Å². The van der Waals surface area contributed by atoms with E-state index in [1.165, 1.54) is 11.1 Å². The minimum Gasteiger partial charge on any atom is -0.378 e. The summed E-state index contributed by atoms with van der Waals surface area (Å²) in [4.78, 5) is 20.6. The number of hydrogen-bond donors (Lipinski definition) is 1. The topological polar surface area (TPSA) is 54.5 Å². The van der Waals surface area contributed by atoms with Crippen LogP contribution in [0.1, 0.15) is 33.6 Å². The normalized spacial score (nSPS) is 17.3. The molecule has 0 radical (unpaired) electrons. The molecule has 25 heavy (non-hydrogen) atoms. The monoisotopic (exact) mass is 359 g/mol. The number of thiazole rings is 1. The van der Waals surface area contributed by atoms with Crippen molar-refractivity contribution in [3.63, 3.8) is 0 Å². The molecule has 6 heteroatoms. The smallest absolute Gasteiger partial charge is 0.238 e. The summed E-state index contributed by atoms with van der Waals surface area (Å²) in [5, 5.41) is 4.06. The Hall–Kier alpha value is -1.76. The number of benzene rings is 1. The van der Waals surface area contributed by atoms with Gasteiger partial charge in [0.05, 0.1) is 24.9 Å². The number of nitrogens with one attached hydrogen (secondary N) is 1. The molecule has 0 aliphatic carbocycles. The number of methoxy groups -OCH3 is 1. The highest BCUT2D eigenvalue weighted by Crippen LogP contribution is 2.24. The van der Waals surface area contributed by atoms with Crippen molar-refractivity contribution in [2.75, 3.05) is 13.7 Å². The Bertz CT molecular complexity index is 744. The fourth-order valence-corrected chi connectivity index (χ4v) is 4.27. The van der Waals surface area contributed by atoms with Gasteiger partial charge in [0, 0.05) is 18.5 Å². The fourth-order valence-electron chi connectivity index (χ4n) is 3.29. The Balaban J connectivity index is 1.66. The van der Waals surface area contributed by atoms with Crippen LogP contribution in [0.5, 0.6) is 0 Å². The molecule has 1 aliphatic heterocycles. The van der Waals surface area contributed by atoms with E-state index in [1.807, 2.05) is 13.0 Å². The summed E-state index contributed by atoms with van der Waals surface area (Å²) in [5.74, 6) is 0.0949. The second-order valence-electron chi connectivity index (χ2n) is 6.32. The molecule has 1 atom stereocenters. The summed E-state index contributed by atoms with van der Waals surface area (Å²) in [7, 11) is 1.67. The average molecular weight is 359 g/mol. The summed E-state index contributed by atoms with van der Waals surface area (Å²) < 4.78 is 5.13. The van der Waals surface area contributed by atoms with Crippen molar-refractivity contribution in [2.24, 2.45) is 0 Å². The van der Waals surface area contributed by atoms with Crippen molar-refractivity contribution in [1.29, 1.82) is 0 Å². The standard InChI is InChI=1S/C19H25N3O2S/c1-4-22-11-15-8-6-5-7-14(15)9-16(22)19(23)20-10-17-13(2)21-18(25-17)12-24-3/h5-8,16H,4,9-12H2,1-3H3,(H,20,23). The molecule has 0 saturated heterocycles. The third-order valence-corrected chi connectivity index (χ3v) is 5.81. The Morgan fingerprint density at radius 1 is 1.40 bits per heavy atom. The average Bonchev–Trinajstić information content (AvgIpc) is 2.98. The number of rotatable bonds is 6. The van der Waals surface area contributed by atoms with Gasteiger partial charge in [0.25, 0.3) is 0 Å². The lowest BCUT2D eigenvalue weighted by Gasteiger charge is -2.35. The van der Waals surface area contributed by atoms with Crippen LogP contribution in [-0.4, -0.2) is 35.5 Å². The van der Waals surface area contributed by atoms with Gasteiger partial charge in [-0.1, -0.05) is 31.2 Å². The van der Waals surface area contributed by atoms with E-state index >= 15 is 0 Å². The van der Waals surface area contributed by atoms with E-state index in [-0.39, 0.29) is 11.9 Å². The minimum atomic E-state index is -0.105. The summed E-state index contributed by atoms with van der Waals surface area (Å²) in [6, 6.07) is 8.30. The van der Waals surface area contributed by atoms with Gasteiger partial charge in [0.15, 0.2) is 0 Å². The van der Waals surface area contributed by atoms with Gasteiger partial charge in [0.1, 0.15) is 5.01 Å². The number of carbonyl (C=O) groups is 1. The highest BCUT2D eigenvalue weighted by molar-refractivity contribution is 7.11. The predicted octanol–water partition coefficient (Wildman–Crippen LogP) is 2.66. The van der Waals surface area contributed by atoms with Gasteiger partial charge < -0.3 is 10.1 Å². The highest BCUT2D eigenvalue weighted by atomic mass is 32.1. The molecule has 0 bridgehead atoms. The second kappa shape index (κ2) is 8.08. The lowest BCUT2D eigenvalue weighted by Crippen LogP contribution is -2.49. The highest BCUT2D eigenvalue weighted by Gasteiger charge is 2.30. The molecule has 1 aliphatic rings. The molecule has 1 aromatic heterocycles. The van der Waals surface area contributed by atoms with Crippen LogP contribution < -0.4 is 5.32 Å². The van der Waals surface area contributed by atoms with Crippen LogP contribution in [0.4, 0.5) is 0 Å². The molecule has 3 rings (SSSR count). The molecule has 0 fully saturated rings. The van der Waals surface area contributed by atoms with Crippen LogP contribution in [0, 0.1) is 6.92 Å². The van der Waals surface area contributed by atoms with E-state index in [0.29, 0.717) is 13.2 Å². The predicted molar refractivity (Wildman–Crippen MR) is 99.4 cm³/mol. The number of nitrogens with zero attached hydrogens (tertiary/aromatic N) is 2. The summed E-state index contributed by atoms with van der Waals surface area (Å²) in [5.41, 5.74) is 3.58. The summed E-state index contributed by atoms with van der Waals surface area (Å²) in [6.07, 6.45) is 0.770. The van der Waals surface area contributed by atoms with Crippen molar-refractivity contribution in [3.05, 3.63) is 51.0 Å². The minimum absolute atomic E-state index is 0.0949. The van der Waals surface area contributed by atoms with Gasteiger partial charge >= 0.3 is 0 Å². The van der Waals surface area contributed by atoms with E-state index in [0.717, 1.165) is 35.1 Å². The first-order chi connectivity index (χ1) is 12.1. The van der Waals surface area contributed by atoms with E-state index in [9.17, 15) is 4.79 Å². The maximum absolute atomic E-state index is 12.8. The van der Waals surface area contributed by atoms with Crippen LogP contribution in [0.3, 0.4) is 0 Å². The molecule has 0 spiro atoms. The lowest BCUT2D eigenvalue weighted by atomic mass is 9.93. The Kier molecular flexibility index (Phi) is 5.83. The third-order valence-electron chi connectivity index (χ3n) is 4.68. The number of aromatic nitrogens is 1. The van der Waals surface area contributed by atoms with Gasteiger partial charge in [-0.3, -0.25) is 9.69 Å². The SMILES string of the molecule is CCN1Cc2ccccc2CC1C(=O)NCc1sc(COC)nc1C. The molecule has 1 aromatic carbocycles. The maximum Gasteiger partial charge on any atom is 0.238 e. The quantitative estimate of drug-likeness (QED) is 0.862. The third kappa shape index (κ3) is 4.08. The number of aryl methyl sites for hydroxylation is 1. The first-order valence-electron chi connectivity index (χ1n) is 8.65. The molecule has 0 saturated carbocycles. The zero-order chi connectivity index (χ0) is 17.8. The molecule has 2 heterocycles. The molecule has 1 unspecified atom stereocenters. The van der Waals surface area contributed by atoms with Crippen molar-refractivity contribution in [1.82, 2.24) is 15.2 Å². The van der Waals surface area contributed by atoms with Crippen molar-refractivity contribution < 1.29 is 9.53 Å². The molecule has 1 amide bonds. The van der Waals surface area contributed by atoms with Gasteiger partial charge in [-0.15, -0.1) is 11.3 Å². The van der Waals surface area contributed by atoms with Crippen LogP contribution in [-0.2, 0) is 35.6 Å². The molecule has 5 nitrogen and oxygen atoms in total. The fraction of sp³-hybridized carbons (Fsp3) is 0.474. The number of ether oxygens (including phenoxy) is 1. The van der Waals surface area contributed by atoms with E-state index in [4.69, 9.17) is 4.74 Å². The number of fused-ring (bicyclic) bond motifs is 1. The van der Waals surface area contributed by atoms with Crippen molar-refractivity contribution in [3.8, 4) is 0 Å². The molecule has 1 N–H and O–H groups in total. The molecular formula is C19H25N3O2S. The summed E-state index contributed by atoms with van der Waals surface area (Å²) >= 11 is 1.60. The zero-order valence-corrected chi connectivity index (χ0v) is 15.9. The van der Waals surface area contributed by atoms with Gasteiger partial charge in [-0.05, 0) is 31.0 Å². The number of likely N-dealkylation sites (N-methyl/N-ethyl adjacent to an activating group) is 1. The van der Waals surface area contributed by atoms with Crippen molar-refractivity contribution in [2.45, 2.75) is 46.0 Å². The first kappa shape index (κ1) is 18.0. The Labute approximate surface area is 153 Å². The number of amides is 1. The van der Waals surface area contributed by atoms with E-state index < -0.39 is 0 Å². The lowest BCUT2D eigenvalue weighted by molar-refractivity contribution is -0.127. The molecular weight excluding hydrogens is 334 g/mol. The van der Waals surface area contributed by atoms with Gasteiger partial charge in [0.2, 0.25) is 5.91 Å². The van der Waals surface area contributed by atoms with E-state index in [1.54, 1.807) is 18.4 Å². The number of hydrogen-bond acceptors (Lipinski definition) is 5. The Morgan fingerprint density at radius 2 is 2.16 bits per heavy atom. The van der Waals surface area contributed by atoms with Crippen LogP contribution in [0.25, 0.3) is 0 Å². The van der Waals surface area contributed by atoms with Gasteiger partial charge in [-0.2, -0.15) is 0 Å². The van der Waals surface area contributed by atoms with Crippen LogP contribution in [0.15, 0.2) is 24.3 Å².